The quantitative estimate of drug-likeness (QED) is 0.678. The predicted octanol–water partition coefficient (Wildman–Crippen LogP) is 3.47. The number of hydrogen-bond acceptors (Lipinski definition) is 6. The highest BCUT2D eigenvalue weighted by Gasteiger charge is 2.17. The van der Waals surface area contributed by atoms with E-state index in [0.717, 1.165) is 60.8 Å². The van der Waals surface area contributed by atoms with Crippen LogP contribution in [0.4, 0.5) is 23.3 Å². The minimum absolute atomic E-state index is 0.305. The molecule has 0 bridgehead atoms. The molecule has 0 spiro atoms. The largest absolute Gasteiger partial charge is 0.383 e. The lowest BCUT2D eigenvalue weighted by Gasteiger charge is -2.22. The van der Waals surface area contributed by atoms with Gasteiger partial charge in [-0.3, -0.25) is 0 Å². The topological polar surface area (TPSA) is 79.1 Å². The number of nitrogen functional groups attached to an aromatic ring is 1. The molecule has 3 rings (SSSR count). The fourth-order valence-electron chi connectivity index (χ4n) is 2.76. The zero-order valence-electron chi connectivity index (χ0n) is 13.8. The highest BCUT2D eigenvalue weighted by atomic mass is 79.9. The summed E-state index contributed by atoms with van der Waals surface area (Å²) in [5.74, 6) is 1.96. The third-order valence-corrected chi connectivity index (χ3v) is 4.51. The Kier molecular flexibility index (Phi) is 5.40. The van der Waals surface area contributed by atoms with Crippen LogP contribution in [-0.4, -0.2) is 29.6 Å². The van der Waals surface area contributed by atoms with Crippen LogP contribution in [0.15, 0.2) is 28.7 Å². The number of halogens is 1. The van der Waals surface area contributed by atoms with E-state index >= 15 is 0 Å². The standard InChI is InChI=1S/C17H23BrN6/c1-2-3-6-21-15-10-16(23-17(19)22-15)24-8-7-20-14-9-13(18)5-4-12(14)11-24/h4-5,9-10,20H,2-3,6-8,11H2,1H3,(H3,19,21,22,23). The lowest BCUT2D eigenvalue weighted by molar-refractivity contribution is 0.806. The van der Waals surface area contributed by atoms with E-state index < -0.39 is 0 Å². The highest BCUT2D eigenvalue weighted by molar-refractivity contribution is 9.10. The highest BCUT2D eigenvalue weighted by Crippen LogP contribution is 2.27. The second-order valence-corrected chi connectivity index (χ2v) is 6.82. The summed E-state index contributed by atoms with van der Waals surface area (Å²) < 4.78 is 1.08. The number of aromatic nitrogens is 2. The van der Waals surface area contributed by atoms with E-state index in [9.17, 15) is 0 Å². The number of benzene rings is 1. The van der Waals surface area contributed by atoms with Gasteiger partial charge in [-0.2, -0.15) is 9.97 Å². The van der Waals surface area contributed by atoms with Crippen LogP contribution < -0.4 is 21.3 Å². The van der Waals surface area contributed by atoms with Gasteiger partial charge < -0.3 is 21.3 Å². The Labute approximate surface area is 151 Å². The van der Waals surface area contributed by atoms with Crippen molar-refractivity contribution in [1.29, 1.82) is 0 Å². The maximum Gasteiger partial charge on any atom is 0.223 e. The van der Waals surface area contributed by atoms with Gasteiger partial charge in [0.25, 0.3) is 0 Å². The maximum absolute atomic E-state index is 5.91. The minimum atomic E-state index is 0.305. The maximum atomic E-state index is 5.91. The van der Waals surface area contributed by atoms with Crippen LogP contribution in [0.1, 0.15) is 25.3 Å². The number of anilines is 4. The van der Waals surface area contributed by atoms with Crippen molar-refractivity contribution in [2.45, 2.75) is 26.3 Å². The Morgan fingerprint density at radius 1 is 1.33 bits per heavy atom. The smallest absolute Gasteiger partial charge is 0.223 e. The van der Waals surface area contributed by atoms with Gasteiger partial charge in [-0.15, -0.1) is 0 Å². The molecule has 2 aromatic rings. The van der Waals surface area contributed by atoms with Crippen LogP contribution in [0.5, 0.6) is 0 Å². The first kappa shape index (κ1) is 16.8. The SMILES string of the molecule is CCCCNc1cc(N2CCNc3cc(Br)ccc3C2)nc(N)n1. The number of nitrogens with two attached hydrogens (primary N) is 1. The summed E-state index contributed by atoms with van der Waals surface area (Å²) in [7, 11) is 0. The second kappa shape index (κ2) is 7.70. The van der Waals surface area contributed by atoms with Crippen LogP contribution in [0.2, 0.25) is 0 Å². The van der Waals surface area contributed by atoms with Crippen molar-refractivity contribution in [2.24, 2.45) is 0 Å². The third-order valence-electron chi connectivity index (χ3n) is 4.02. The average molecular weight is 391 g/mol. The third kappa shape index (κ3) is 4.08. The summed E-state index contributed by atoms with van der Waals surface area (Å²) in [6, 6.07) is 8.30. The molecule has 1 aliphatic rings. The molecule has 1 aliphatic heterocycles. The van der Waals surface area contributed by atoms with E-state index in [-0.39, 0.29) is 0 Å². The van der Waals surface area contributed by atoms with Gasteiger partial charge in [0.2, 0.25) is 5.95 Å². The molecule has 128 valence electrons. The van der Waals surface area contributed by atoms with Gasteiger partial charge in [0.1, 0.15) is 11.6 Å². The normalized spacial score (nSPS) is 13.8. The number of nitrogens with one attached hydrogen (secondary N) is 2. The Morgan fingerprint density at radius 3 is 3.04 bits per heavy atom. The molecule has 6 nitrogen and oxygen atoms in total. The van der Waals surface area contributed by atoms with Gasteiger partial charge in [0, 0.05) is 42.4 Å². The summed E-state index contributed by atoms with van der Waals surface area (Å²) in [5, 5.41) is 6.80. The van der Waals surface area contributed by atoms with Crippen molar-refractivity contribution in [2.75, 3.05) is 40.9 Å². The number of fused-ring (bicyclic) bond motifs is 1. The predicted molar refractivity (Wildman–Crippen MR) is 104 cm³/mol. The summed E-state index contributed by atoms with van der Waals surface area (Å²) in [6.07, 6.45) is 2.25. The molecule has 0 radical (unpaired) electrons. The van der Waals surface area contributed by atoms with Crippen LogP contribution in [-0.2, 0) is 6.54 Å². The van der Waals surface area contributed by atoms with Crippen molar-refractivity contribution in [3.05, 3.63) is 34.3 Å². The van der Waals surface area contributed by atoms with Crippen LogP contribution in [0.3, 0.4) is 0 Å². The molecule has 0 saturated carbocycles. The molecule has 0 unspecified atom stereocenters. The molecule has 1 aromatic heterocycles. The van der Waals surface area contributed by atoms with Crippen molar-refractivity contribution < 1.29 is 0 Å². The van der Waals surface area contributed by atoms with E-state index in [1.165, 1.54) is 5.56 Å². The first-order valence-electron chi connectivity index (χ1n) is 8.31. The van der Waals surface area contributed by atoms with E-state index in [0.29, 0.717) is 5.95 Å². The van der Waals surface area contributed by atoms with Crippen molar-refractivity contribution in [1.82, 2.24) is 9.97 Å². The Bertz CT molecular complexity index is 705. The molecular formula is C17H23BrN6. The van der Waals surface area contributed by atoms with Gasteiger partial charge in [-0.25, -0.2) is 0 Å². The molecule has 0 aliphatic carbocycles. The summed E-state index contributed by atoms with van der Waals surface area (Å²) in [6.45, 7) is 5.57. The fourth-order valence-corrected chi connectivity index (χ4v) is 3.12. The Hall–Kier alpha value is -2.02. The second-order valence-electron chi connectivity index (χ2n) is 5.90. The molecule has 4 N–H and O–H groups in total. The molecule has 24 heavy (non-hydrogen) atoms. The van der Waals surface area contributed by atoms with Crippen molar-refractivity contribution in [3.63, 3.8) is 0 Å². The van der Waals surface area contributed by atoms with Crippen molar-refractivity contribution >= 4 is 39.2 Å². The average Bonchev–Trinajstić information content (AvgIpc) is 2.76. The van der Waals surface area contributed by atoms with Crippen LogP contribution in [0.25, 0.3) is 0 Å². The van der Waals surface area contributed by atoms with Gasteiger partial charge >= 0.3 is 0 Å². The van der Waals surface area contributed by atoms with Crippen molar-refractivity contribution in [3.8, 4) is 0 Å². The number of hydrogen-bond donors (Lipinski definition) is 3. The monoisotopic (exact) mass is 390 g/mol. The zero-order valence-corrected chi connectivity index (χ0v) is 15.4. The molecule has 2 heterocycles. The van der Waals surface area contributed by atoms with Crippen LogP contribution in [0, 0.1) is 0 Å². The summed E-state index contributed by atoms with van der Waals surface area (Å²) in [5.41, 5.74) is 8.32. The minimum Gasteiger partial charge on any atom is -0.383 e. The first-order valence-corrected chi connectivity index (χ1v) is 9.10. The lowest BCUT2D eigenvalue weighted by Crippen LogP contribution is -2.27. The molecular weight excluding hydrogens is 368 g/mol. The molecule has 7 heteroatoms. The van der Waals surface area contributed by atoms with Gasteiger partial charge in [0.15, 0.2) is 0 Å². The molecule has 0 fully saturated rings. The van der Waals surface area contributed by atoms with Gasteiger partial charge in [-0.1, -0.05) is 35.3 Å². The molecule has 0 atom stereocenters. The van der Waals surface area contributed by atoms with Crippen LogP contribution >= 0.6 is 15.9 Å². The molecule has 1 aromatic carbocycles. The zero-order chi connectivity index (χ0) is 16.9. The van der Waals surface area contributed by atoms with E-state index in [1.807, 2.05) is 6.07 Å². The van der Waals surface area contributed by atoms with E-state index in [1.54, 1.807) is 0 Å². The summed E-state index contributed by atoms with van der Waals surface area (Å²) in [4.78, 5) is 11.0. The lowest BCUT2D eigenvalue weighted by atomic mass is 10.1. The summed E-state index contributed by atoms with van der Waals surface area (Å²) >= 11 is 3.53. The molecule has 0 amide bonds. The fraction of sp³-hybridized carbons (Fsp3) is 0.412. The van der Waals surface area contributed by atoms with Gasteiger partial charge in [0.05, 0.1) is 0 Å². The van der Waals surface area contributed by atoms with E-state index in [2.05, 4.69) is 66.6 Å². The Morgan fingerprint density at radius 2 is 2.21 bits per heavy atom. The first-order chi connectivity index (χ1) is 11.7. The molecule has 0 saturated heterocycles. The van der Waals surface area contributed by atoms with E-state index in [4.69, 9.17) is 5.73 Å². The number of rotatable bonds is 5. The Balaban J connectivity index is 1.81. The van der Waals surface area contributed by atoms with Gasteiger partial charge in [-0.05, 0) is 24.1 Å². The number of nitrogens with zero attached hydrogens (tertiary/aromatic N) is 3. The number of unbranched alkanes of at least 4 members (excludes halogenated alkanes) is 1.